The lowest BCUT2D eigenvalue weighted by molar-refractivity contribution is -0.140. The van der Waals surface area contributed by atoms with Crippen molar-refractivity contribution in [3.63, 3.8) is 0 Å². The average Bonchev–Trinajstić information content (AvgIpc) is 3.25. The molecule has 1 aromatic carbocycles. The predicted molar refractivity (Wildman–Crippen MR) is 120 cm³/mol. The molecule has 9 heteroatoms. The molecule has 0 radical (unpaired) electrons. The number of benzene rings is 1. The first-order valence-corrected chi connectivity index (χ1v) is 10.6. The molecule has 34 heavy (non-hydrogen) atoms. The van der Waals surface area contributed by atoms with Crippen molar-refractivity contribution in [3.8, 4) is 17.2 Å². The molecule has 0 fully saturated rings. The average molecular weight is 464 g/mol. The summed E-state index contributed by atoms with van der Waals surface area (Å²) in [4.78, 5) is 32.9. The first-order valence-electron chi connectivity index (χ1n) is 10.6. The van der Waals surface area contributed by atoms with E-state index in [1.54, 1.807) is 25.3 Å². The normalized spacial score (nSPS) is 15.6. The largest absolute Gasteiger partial charge is 0.507 e. The van der Waals surface area contributed by atoms with E-state index in [0.29, 0.717) is 22.4 Å². The number of nitrogens with zero attached hydrogens (tertiary/aromatic N) is 2. The number of rotatable bonds is 6. The number of methoxy groups -OCH3 is 1. The predicted octanol–water partition coefficient (Wildman–Crippen LogP) is 3.42. The fourth-order valence-electron chi connectivity index (χ4n) is 4.30. The Bertz CT molecular complexity index is 1270. The minimum atomic E-state index is -0.912. The standard InChI is InChI=1S/C25H24N2O7/c1-12-22(30)20-15(10-27-12)11-34-25(20)18-8-16(13(2)28)23(31)21(24(18)32)17(9-19(29)33-3)14-4-6-26-7-5-14/h4-8,10,17,25,30-32H,9,11H2,1-3H3/t17-,25+/m0/s1. The molecular weight excluding hydrogens is 440 g/mol. The molecule has 3 aromatic rings. The summed E-state index contributed by atoms with van der Waals surface area (Å²) in [5.74, 6) is -2.72. The van der Waals surface area contributed by atoms with Crippen LogP contribution in [0.3, 0.4) is 0 Å². The zero-order valence-corrected chi connectivity index (χ0v) is 18.9. The molecule has 0 amide bonds. The third-order valence-corrected chi connectivity index (χ3v) is 6.08. The Morgan fingerprint density at radius 1 is 1.18 bits per heavy atom. The molecule has 2 aromatic heterocycles. The number of fused-ring (bicyclic) bond motifs is 1. The maximum Gasteiger partial charge on any atom is 0.306 e. The van der Waals surface area contributed by atoms with Gasteiger partial charge in [-0.05, 0) is 37.6 Å². The summed E-state index contributed by atoms with van der Waals surface area (Å²) in [7, 11) is 1.24. The van der Waals surface area contributed by atoms with E-state index < -0.39 is 29.5 Å². The lowest BCUT2D eigenvalue weighted by atomic mass is 9.83. The summed E-state index contributed by atoms with van der Waals surface area (Å²) in [5.41, 5.74) is 2.17. The van der Waals surface area contributed by atoms with Gasteiger partial charge in [-0.3, -0.25) is 19.6 Å². The van der Waals surface area contributed by atoms with Crippen LogP contribution in [-0.2, 0) is 20.9 Å². The van der Waals surface area contributed by atoms with E-state index in [2.05, 4.69) is 9.97 Å². The topological polar surface area (TPSA) is 139 Å². The van der Waals surface area contributed by atoms with E-state index in [9.17, 15) is 24.9 Å². The van der Waals surface area contributed by atoms with Crippen LogP contribution in [0.25, 0.3) is 0 Å². The van der Waals surface area contributed by atoms with Crippen molar-refractivity contribution in [2.75, 3.05) is 7.11 Å². The number of ether oxygens (including phenoxy) is 2. The molecule has 3 heterocycles. The highest BCUT2D eigenvalue weighted by Gasteiger charge is 2.36. The van der Waals surface area contributed by atoms with Crippen molar-refractivity contribution in [3.05, 3.63) is 75.9 Å². The number of phenols is 2. The van der Waals surface area contributed by atoms with Crippen LogP contribution in [0.1, 0.15) is 69.2 Å². The van der Waals surface area contributed by atoms with Gasteiger partial charge in [0.25, 0.3) is 0 Å². The molecule has 9 nitrogen and oxygen atoms in total. The Morgan fingerprint density at radius 2 is 1.88 bits per heavy atom. The number of hydrogen-bond donors (Lipinski definition) is 3. The first kappa shape index (κ1) is 23.2. The summed E-state index contributed by atoms with van der Waals surface area (Å²) < 4.78 is 10.7. The number of hydrogen-bond acceptors (Lipinski definition) is 9. The Morgan fingerprint density at radius 3 is 2.53 bits per heavy atom. The Hall–Kier alpha value is -3.98. The molecule has 0 aliphatic carbocycles. The lowest BCUT2D eigenvalue weighted by Gasteiger charge is -2.24. The fraction of sp³-hybridized carbons (Fsp3) is 0.280. The molecule has 3 N–H and O–H groups in total. The number of pyridine rings is 2. The van der Waals surface area contributed by atoms with E-state index in [1.165, 1.54) is 32.5 Å². The molecule has 4 rings (SSSR count). The minimum Gasteiger partial charge on any atom is -0.507 e. The highest BCUT2D eigenvalue weighted by Crippen LogP contribution is 2.50. The van der Waals surface area contributed by atoms with Crippen LogP contribution in [-0.4, -0.2) is 44.1 Å². The third kappa shape index (κ3) is 3.94. The number of ketones is 1. The van der Waals surface area contributed by atoms with Gasteiger partial charge in [0, 0.05) is 46.8 Å². The van der Waals surface area contributed by atoms with Crippen molar-refractivity contribution in [2.24, 2.45) is 0 Å². The molecule has 2 atom stereocenters. The van der Waals surface area contributed by atoms with Crippen LogP contribution < -0.4 is 0 Å². The molecule has 176 valence electrons. The minimum absolute atomic E-state index is 0.0124. The SMILES string of the molecule is COC(=O)C[C@@H](c1ccncc1)c1c(O)c(C(C)=O)cc([C@H]2OCc3cnc(C)c(O)c32)c1O. The van der Waals surface area contributed by atoms with Gasteiger partial charge in [0.15, 0.2) is 5.78 Å². The lowest BCUT2D eigenvalue weighted by Crippen LogP contribution is -2.13. The monoisotopic (exact) mass is 464 g/mol. The van der Waals surface area contributed by atoms with Crippen LogP contribution in [0.15, 0.2) is 36.8 Å². The van der Waals surface area contributed by atoms with E-state index in [4.69, 9.17) is 9.47 Å². The van der Waals surface area contributed by atoms with Gasteiger partial charge in [0.1, 0.15) is 23.4 Å². The maximum atomic E-state index is 12.5. The Balaban J connectivity index is 1.98. The van der Waals surface area contributed by atoms with E-state index in [0.717, 1.165) is 0 Å². The third-order valence-electron chi connectivity index (χ3n) is 6.08. The number of aryl methyl sites for hydroxylation is 1. The summed E-state index contributed by atoms with van der Waals surface area (Å²) in [6.07, 6.45) is 3.51. The molecular formula is C25H24N2O7. The number of esters is 1. The smallest absolute Gasteiger partial charge is 0.306 e. The molecule has 0 saturated heterocycles. The number of Topliss-reactive ketones (excluding diaryl/α,β-unsaturated/α-hetero) is 1. The zero-order chi connectivity index (χ0) is 24.6. The number of aromatic nitrogens is 2. The second-order valence-corrected chi connectivity index (χ2v) is 8.12. The molecule has 0 spiro atoms. The van der Waals surface area contributed by atoms with Crippen LogP contribution in [0, 0.1) is 6.92 Å². The molecule has 1 aliphatic heterocycles. The highest BCUT2D eigenvalue weighted by atomic mass is 16.5. The maximum absolute atomic E-state index is 12.5. The van der Waals surface area contributed by atoms with E-state index in [1.807, 2.05) is 0 Å². The van der Waals surface area contributed by atoms with Gasteiger partial charge in [-0.1, -0.05) is 0 Å². The summed E-state index contributed by atoms with van der Waals surface area (Å²) in [6, 6.07) is 4.65. The summed E-state index contributed by atoms with van der Waals surface area (Å²) in [6.45, 7) is 3.07. The molecule has 0 saturated carbocycles. The van der Waals surface area contributed by atoms with Crippen LogP contribution in [0.4, 0.5) is 0 Å². The summed E-state index contributed by atoms with van der Waals surface area (Å²) >= 11 is 0. The zero-order valence-electron chi connectivity index (χ0n) is 18.9. The van der Waals surface area contributed by atoms with E-state index >= 15 is 0 Å². The van der Waals surface area contributed by atoms with Crippen LogP contribution in [0.5, 0.6) is 17.2 Å². The quantitative estimate of drug-likeness (QED) is 0.370. The van der Waals surface area contributed by atoms with Crippen molar-refractivity contribution in [1.82, 2.24) is 9.97 Å². The van der Waals surface area contributed by atoms with E-state index in [-0.39, 0.29) is 41.2 Å². The summed E-state index contributed by atoms with van der Waals surface area (Å²) in [5, 5.41) is 33.2. The van der Waals surface area contributed by atoms with Gasteiger partial charge >= 0.3 is 5.97 Å². The van der Waals surface area contributed by atoms with Crippen LogP contribution >= 0.6 is 0 Å². The molecule has 1 aliphatic rings. The molecule has 0 bridgehead atoms. The Labute approximate surface area is 195 Å². The molecule has 0 unspecified atom stereocenters. The van der Waals surface area contributed by atoms with Crippen LogP contribution in [0.2, 0.25) is 0 Å². The number of carbonyl (C=O) groups is 2. The van der Waals surface area contributed by atoms with Gasteiger partial charge < -0.3 is 24.8 Å². The second kappa shape index (κ2) is 9.11. The second-order valence-electron chi connectivity index (χ2n) is 8.12. The van der Waals surface area contributed by atoms with Gasteiger partial charge in [0.2, 0.25) is 0 Å². The van der Waals surface area contributed by atoms with Crippen molar-refractivity contribution >= 4 is 11.8 Å². The van der Waals surface area contributed by atoms with Crippen molar-refractivity contribution in [2.45, 2.75) is 38.9 Å². The number of phenolic OH excluding ortho intramolecular Hbond substituents is 2. The van der Waals surface area contributed by atoms with Gasteiger partial charge in [-0.25, -0.2) is 0 Å². The Kier molecular flexibility index (Phi) is 6.21. The van der Waals surface area contributed by atoms with Crippen molar-refractivity contribution in [1.29, 1.82) is 0 Å². The number of carbonyl (C=O) groups excluding carboxylic acids is 2. The van der Waals surface area contributed by atoms with Crippen molar-refractivity contribution < 1.29 is 34.4 Å². The number of aromatic hydroxyl groups is 3. The van der Waals surface area contributed by atoms with Gasteiger partial charge in [-0.15, -0.1) is 0 Å². The van der Waals surface area contributed by atoms with Gasteiger partial charge in [0.05, 0.1) is 31.4 Å². The highest BCUT2D eigenvalue weighted by molar-refractivity contribution is 5.98. The van der Waals surface area contributed by atoms with Gasteiger partial charge in [-0.2, -0.15) is 0 Å². The fourth-order valence-corrected chi connectivity index (χ4v) is 4.30. The first-order chi connectivity index (χ1) is 16.2.